The summed E-state index contributed by atoms with van der Waals surface area (Å²) >= 11 is 0. The van der Waals surface area contributed by atoms with Gasteiger partial charge in [-0.1, -0.05) is 0 Å². The molecule has 0 saturated heterocycles. The van der Waals surface area contributed by atoms with Gasteiger partial charge >= 0.3 is 6.18 Å². The fourth-order valence-corrected chi connectivity index (χ4v) is 3.11. The van der Waals surface area contributed by atoms with Crippen molar-refractivity contribution in [2.45, 2.75) is 19.1 Å². The highest BCUT2D eigenvalue weighted by Crippen LogP contribution is 2.39. The summed E-state index contributed by atoms with van der Waals surface area (Å²) in [4.78, 5) is 22.0. The lowest BCUT2D eigenvalue weighted by Crippen LogP contribution is -2.42. The Balaban J connectivity index is 1.85. The number of nitriles is 1. The van der Waals surface area contributed by atoms with Gasteiger partial charge in [0.05, 0.1) is 35.7 Å². The number of hydrogen-bond donors (Lipinski definition) is 1. The van der Waals surface area contributed by atoms with Gasteiger partial charge in [-0.15, -0.1) is 0 Å². The summed E-state index contributed by atoms with van der Waals surface area (Å²) in [6, 6.07) is 6.74. The van der Waals surface area contributed by atoms with Crippen molar-refractivity contribution in [2.24, 2.45) is 7.05 Å². The van der Waals surface area contributed by atoms with Gasteiger partial charge in [-0.3, -0.25) is 9.69 Å². The molecule has 0 fully saturated rings. The van der Waals surface area contributed by atoms with E-state index >= 15 is 0 Å². The number of hydrogen-bond acceptors (Lipinski definition) is 6. The standard InChI is InChI=1S/C22H23F3N6O2/c1-13(30(2)3)21(32)27-7-8-33-19-6-5-14(9-15(19)22(23,24)25)16-10-18-20(17(11-26)29-16)28-12-31(18)4/h5-6,9-10,12-13H,7-8H2,1-4H3,(H,27,32). The molecule has 174 valence electrons. The van der Waals surface area contributed by atoms with Crippen LogP contribution in [0.5, 0.6) is 5.75 Å². The number of nitrogens with one attached hydrogen (secondary N) is 1. The monoisotopic (exact) mass is 460 g/mol. The molecule has 8 nitrogen and oxygen atoms in total. The number of rotatable bonds is 7. The van der Waals surface area contributed by atoms with E-state index in [0.29, 0.717) is 11.0 Å². The second-order valence-corrected chi connectivity index (χ2v) is 7.68. The normalized spacial score (nSPS) is 12.6. The zero-order valence-electron chi connectivity index (χ0n) is 18.6. The van der Waals surface area contributed by atoms with Gasteiger partial charge in [0.2, 0.25) is 5.91 Å². The van der Waals surface area contributed by atoms with Crippen molar-refractivity contribution >= 4 is 16.9 Å². The van der Waals surface area contributed by atoms with E-state index in [-0.39, 0.29) is 47.8 Å². The highest BCUT2D eigenvalue weighted by Gasteiger charge is 2.35. The molecule has 11 heteroatoms. The summed E-state index contributed by atoms with van der Waals surface area (Å²) in [7, 11) is 5.22. The number of carbonyl (C=O) groups excluding carboxylic acids is 1. The Bertz CT molecular complexity index is 1210. The second-order valence-electron chi connectivity index (χ2n) is 7.68. The van der Waals surface area contributed by atoms with Crippen LogP contribution in [0, 0.1) is 11.3 Å². The second kappa shape index (κ2) is 9.46. The van der Waals surface area contributed by atoms with Gasteiger partial charge in [0.15, 0.2) is 5.69 Å². The van der Waals surface area contributed by atoms with Crippen molar-refractivity contribution in [3.8, 4) is 23.1 Å². The molecule has 1 aromatic carbocycles. The zero-order chi connectivity index (χ0) is 24.3. The minimum Gasteiger partial charge on any atom is -0.491 e. The number of likely N-dealkylation sites (N-methyl/N-ethyl adjacent to an activating group) is 1. The Morgan fingerprint density at radius 3 is 2.70 bits per heavy atom. The predicted octanol–water partition coefficient (Wildman–Crippen LogP) is 2.97. The number of pyridine rings is 1. The quantitative estimate of drug-likeness (QED) is 0.545. The van der Waals surface area contributed by atoms with E-state index < -0.39 is 11.7 Å². The first-order valence-electron chi connectivity index (χ1n) is 10.0. The molecule has 3 aromatic rings. The first kappa shape index (κ1) is 24.0. The Morgan fingerprint density at radius 1 is 1.33 bits per heavy atom. The molecule has 1 unspecified atom stereocenters. The molecule has 0 bridgehead atoms. The Morgan fingerprint density at radius 2 is 2.06 bits per heavy atom. The van der Waals surface area contributed by atoms with Gasteiger partial charge in [0.25, 0.3) is 0 Å². The van der Waals surface area contributed by atoms with Crippen LogP contribution in [0.2, 0.25) is 0 Å². The lowest BCUT2D eigenvalue weighted by atomic mass is 10.1. The number of amides is 1. The van der Waals surface area contributed by atoms with Crippen molar-refractivity contribution in [1.29, 1.82) is 5.26 Å². The number of alkyl halides is 3. The first-order chi connectivity index (χ1) is 15.5. The van der Waals surface area contributed by atoms with E-state index in [1.165, 1.54) is 18.5 Å². The molecule has 2 heterocycles. The molecule has 0 saturated carbocycles. The number of carbonyl (C=O) groups is 1. The van der Waals surface area contributed by atoms with Crippen molar-refractivity contribution in [3.05, 3.63) is 41.9 Å². The van der Waals surface area contributed by atoms with E-state index in [1.54, 1.807) is 43.6 Å². The van der Waals surface area contributed by atoms with Gasteiger partial charge in [-0.25, -0.2) is 9.97 Å². The third-order valence-electron chi connectivity index (χ3n) is 5.21. The third kappa shape index (κ3) is 5.23. The fraction of sp³-hybridized carbons (Fsp3) is 0.364. The summed E-state index contributed by atoms with van der Waals surface area (Å²) in [6.45, 7) is 1.64. The lowest BCUT2D eigenvalue weighted by molar-refractivity contribution is -0.139. The van der Waals surface area contributed by atoms with Gasteiger partial charge < -0.3 is 14.6 Å². The molecular formula is C22H23F3N6O2. The van der Waals surface area contributed by atoms with E-state index in [9.17, 15) is 23.2 Å². The summed E-state index contributed by atoms with van der Waals surface area (Å²) in [6.07, 6.45) is -3.17. The minimum absolute atomic E-state index is 0.0275. The summed E-state index contributed by atoms with van der Waals surface area (Å²) in [5.41, 5.74) is 0.406. The Kier molecular flexibility index (Phi) is 6.88. The third-order valence-corrected chi connectivity index (χ3v) is 5.21. The van der Waals surface area contributed by atoms with Crippen LogP contribution in [0.15, 0.2) is 30.6 Å². The van der Waals surface area contributed by atoms with E-state index in [2.05, 4.69) is 15.3 Å². The zero-order valence-corrected chi connectivity index (χ0v) is 18.6. The molecular weight excluding hydrogens is 437 g/mol. The van der Waals surface area contributed by atoms with E-state index in [4.69, 9.17) is 4.74 Å². The van der Waals surface area contributed by atoms with Crippen molar-refractivity contribution in [1.82, 2.24) is 24.8 Å². The van der Waals surface area contributed by atoms with Crippen molar-refractivity contribution in [3.63, 3.8) is 0 Å². The molecule has 2 aromatic heterocycles. The van der Waals surface area contributed by atoms with Crippen LogP contribution >= 0.6 is 0 Å². The number of halogens is 3. The van der Waals surface area contributed by atoms with E-state index in [1.807, 2.05) is 6.07 Å². The van der Waals surface area contributed by atoms with Crippen LogP contribution in [0.4, 0.5) is 13.2 Å². The maximum Gasteiger partial charge on any atom is 0.419 e. The summed E-state index contributed by atoms with van der Waals surface area (Å²) in [5, 5.41) is 12.0. The molecule has 0 spiro atoms. The van der Waals surface area contributed by atoms with Gasteiger partial charge in [0, 0.05) is 12.6 Å². The van der Waals surface area contributed by atoms with Crippen LogP contribution in [0.3, 0.4) is 0 Å². The number of ether oxygens (including phenoxy) is 1. The highest BCUT2D eigenvalue weighted by molar-refractivity contribution is 5.84. The molecule has 33 heavy (non-hydrogen) atoms. The number of fused-ring (bicyclic) bond motifs is 1. The minimum atomic E-state index is -4.68. The number of aromatic nitrogens is 3. The summed E-state index contributed by atoms with van der Waals surface area (Å²) < 4.78 is 48.2. The van der Waals surface area contributed by atoms with E-state index in [0.717, 1.165) is 6.07 Å². The number of aryl methyl sites for hydroxylation is 1. The molecule has 1 N–H and O–H groups in total. The molecule has 0 aliphatic carbocycles. The molecule has 1 atom stereocenters. The number of nitrogens with zero attached hydrogens (tertiary/aromatic N) is 5. The van der Waals surface area contributed by atoms with Gasteiger partial charge in [0.1, 0.15) is 23.9 Å². The molecule has 1 amide bonds. The van der Waals surface area contributed by atoms with Crippen LogP contribution in [0.25, 0.3) is 22.3 Å². The van der Waals surface area contributed by atoms with Crippen LogP contribution in [-0.2, 0) is 18.0 Å². The fourth-order valence-electron chi connectivity index (χ4n) is 3.11. The Labute approximate surface area is 188 Å². The van der Waals surface area contributed by atoms with Crippen LogP contribution in [0.1, 0.15) is 18.2 Å². The summed E-state index contributed by atoms with van der Waals surface area (Å²) in [5.74, 6) is -0.608. The van der Waals surface area contributed by atoms with Crippen molar-refractivity contribution in [2.75, 3.05) is 27.2 Å². The average molecular weight is 460 g/mol. The van der Waals surface area contributed by atoms with Crippen molar-refractivity contribution < 1.29 is 22.7 Å². The molecule has 0 aliphatic heterocycles. The molecule has 3 rings (SSSR count). The smallest absolute Gasteiger partial charge is 0.419 e. The highest BCUT2D eigenvalue weighted by atomic mass is 19.4. The van der Waals surface area contributed by atoms with Crippen LogP contribution in [-0.4, -0.2) is 58.6 Å². The SMILES string of the molecule is CC(C(=O)NCCOc1ccc(-c2cc3c(ncn3C)c(C#N)n2)cc1C(F)(F)F)N(C)C. The molecule has 0 radical (unpaired) electrons. The molecule has 0 aliphatic rings. The topological polar surface area (TPSA) is 96.1 Å². The number of imidazole rings is 1. The maximum absolute atomic E-state index is 13.7. The average Bonchev–Trinajstić information content (AvgIpc) is 3.15. The first-order valence-corrected chi connectivity index (χ1v) is 10.0. The number of benzene rings is 1. The maximum atomic E-state index is 13.7. The van der Waals surface area contributed by atoms with Gasteiger partial charge in [-0.05, 0) is 45.3 Å². The predicted molar refractivity (Wildman–Crippen MR) is 115 cm³/mol. The van der Waals surface area contributed by atoms with Crippen LogP contribution < -0.4 is 10.1 Å². The lowest BCUT2D eigenvalue weighted by Gasteiger charge is -2.19. The van der Waals surface area contributed by atoms with Gasteiger partial charge in [-0.2, -0.15) is 18.4 Å². The Hall–Kier alpha value is -3.65. The largest absolute Gasteiger partial charge is 0.491 e.